The van der Waals surface area contributed by atoms with E-state index in [0.717, 1.165) is 0 Å². The average molecular weight is 237 g/mol. The number of aromatic nitrogens is 2. The van der Waals surface area contributed by atoms with E-state index in [1.807, 2.05) is 6.92 Å². The molecule has 0 aliphatic rings. The Morgan fingerprint density at radius 1 is 1.53 bits per heavy atom. The van der Waals surface area contributed by atoms with Crippen LogP contribution in [0.5, 0.6) is 0 Å². The van der Waals surface area contributed by atoms with Gasteiger partial charge >= 0.3 is 5.97 Å². The highest BCUT2D eigenvalue weighted by molar-refractivity contribution is 5.94. The second-order valence-corrected chi connectivity index (χ2v) is 3.77. The van der Waals surface area contributed by atoms with Crippen LogP contribution in [-0.2, 0) is 4.79 Å². The number of amides is 1. The van der Waals surface area contributed by atoms with Gasteiger partial charge < -0.3 is 10.4 Å². The van der Waals surface area contributed by atoms with Gasteiger partial charge in [-0.3, -0.25) is 4.79 Å². The van der Waals surface area contributed by atoms with E-state index in [1.165, 1.54) is 18.6 Å². The SMILES string of the molecule is CC[C@H](C)[C@H](NC(=O)c1ccncn1)C(=O)O. The monoisotopic (exact) mass is 237 g/mol. The van der Waals surface area contributed by atoms with E-state index in [-0.39, 0.29) is 11.6 Å². The fraction of sp³-hybridized carbons (Fsp3) is 0.455. The minimum absolute atomic E-state index is 0.140. The Balaban J connectivity index is 2.75. The molecule has 6 nitrogen and oxygen atoms in total. The van der Waals surface area contributed by atoms with Crippen molar-refractivity contribution in [3.63, 3.8) is 0 Å². The summed E-state index contributed by atoms with van der Waals surface area (Å²) in [6.07, 6.45) is 3.34. The predicted octanol–water partition coefficient (Wildman–Crippen LogP) is 0.706. The molecule has 0 fully saturated rings. The smallest absolute Gasteiger partial charge is 0.326 e. The van der Waals surface area contributed by atoms with Crippen molar-refractivity contribution in [1.82, 2.24) is 15.3 Å². The van der Waals surface area contributed by atoms with E-state index in [9.17, 15) is 9.59 Å². The standard InChI is InChI=1S/C11H15N3O3/c1-3-7(2)9(11(16)17)14-10(15)8-4-5-12-6-13-8/h4-7,9H,3H2,1-2H3,(H,14,15)(H,16,17)/t7-,9-/m0/s1. The van der Waals surface area contributed by atoms with Crippen LogP contribution in [0.4, 0.5) is 0 Å². The summed E-state index contributed by atoms with van der Waals surface area (Å²) in [7, 11) is 0. The Kier molecular flexibility index (Phi) is 4.56. The van der Waals surface area contributed by atoms with Gasteiger partial charge in [0.1, 0.15) is 18.1 Å². The molecule has 1 aromatic heterocycles. The Hall–Kier alpha value is -1.98. The number of nitrogens with one attached hydrogen (secondary N) is 1. The highest BCUT2D eigenvalue weighted by atomic mass is 16.4. The van der Waals surface area contributed by atoms with E-state index in [0.29, 0.717) is 6.42 Å². The van der Waals surface area contributed by atoms with Crippen molar-refractivity contribution in [3.05, 3.63) is 24.3 Å². The maximum Gasteiger partial charge on any atom is 0.326 e. The molecular weight excluding hydrogens is 222 g/mol. The van der Waals surface area contributed by atoms with Crippen LogP contribution in [0.1, 0.15) is 30.8 Å². The molecule has 2 N–H and O–H groups in total. The molecule has 0 spiro atoms. The minimum atomic E-state index is -1.04. The van der Waals surface area contributed by atoms with Gasteiger partial charge in [0.2, 0.25) is 0 Å². The maximum atomic E-state index is 11.7. The molecular formula is C11H15N3O3. The summed E-state index contributed by atoms with van der Waals surface area (Å²) < 4.78 is 0. The summed E-state index contributed by atoms with van der Waals surface area (Å²) >= 11 is 0. The topological polar surface area (TPSA) is 92.2 Å². The number of carbonyl (C=O) groups is 2. The lowest BCUT2D eigenvalue weighted by atomic mass is 9.99. The van der Waals surface area contributed by atoms with Crippen LogP contribution in [0.2, 0.25) is 0 Å². The van der Waals surface area contributed by atoms with Crippen LogP contribution in [-0.4, -0.2) is 33.0 Å². The van der Waals surface area contributed by atoms with Gasteiger partial charge in [0, 0.05) is 6.20 Å². The van der Waals surface area contributed by atoms with Gasteiger partial charge in [0.15, 0.2) is 0 Å². The van der Waals surface area contributed by atoms with Gasteiger partial charge in [0.05, 0.1) is 0 Å². The molecule has 92 valence electrons. The second-order valence-electron chi connectivity index (χ2n) is 3.77. The predicted molar refractivity (Wildman–Crippen MR) is 60.4 cm³/mol. The molecule has 0 aliphatic heterocycles. The molecule has 1 amide bonds. The summed E-state index contributed by atoms with van der Waals surface area (Å²) in [6.45, 7) is 3.65. The van der Waals surface area contributed by atoms with Gasteiger partial charge in [0.25, 0.3) is 5.91 Å². The van der Waals surface area contributed by atoms with Gasteiger partial charge in [-0.25, -0.2) is 14.8 Å². The van der Waals surface area contributed by atoms with Crippen molar-refractivity contribution >= 4 is 11.9 Å². The first kappa shape index (κ1) is 13.1. The Labute approximate surface area is 99.1 Å². The van der Waals surface area contributed by atoms with Crippen LogP contribution >= 0.6 is 0 Å². The van der Waals surface area contributed by atoms with E-state index >= 15 is 0 Å². The Morgan fingerprint density at radius 2 is 2.24 bits per heavy atom. The lowest BCUT2D eigenvalue weighted by Crippen LogP contribution is -2.45. The zero-order valence-corrected chi connectivity index (χ0v) is 9.75. The van der Waals surface area contributed by atoms with E-state index < -0.39 is 17.9 Å². The molecule has 1 rings (SSSR count). The molecule has 2 atom stereocenters. The molecule has 1 aromatic rings. The Morgan fingerprint density at radius 3 is 2.71 bits per heavy atom. The summed E-state index contributed by atoms with van der Waals surface area (Å²) in [4.78, 5) is 30.2. The molecule has 6 heteroatoms. The first-order valence-corrected chi connectivity index (χ1v) is 5.36. The van der Waals surface area contributed by atoms with Crippen molar-refractivity contribution in [2.24, 2.45) is 5.92 Å². The number of hydrogen-bond donors (Lipinski definition) is 2. The summed E-state index contributed by atoms with van der Waals surface area (Å²) in [5.41, 5.74) is 0.162. The molecule has 0 aliphatic carbocycles. The molecule has 0 saturated carbocycles. The third kappa shape index (κ3) is 3.51. The average Bonchev–Trinajstić information content (AvgIpc) is 2.35. The molecule has 0 unspecified atom stereocenters. The van der Waals surface area contributed by atoms with Crippen molar-refractivity contribution in [3.8, 4) is 0 Å². The number of carbonyl (C=O) groups excluding carboxylic acids is 1. The largest absolute Gasteiger partial charge is 0.480 e. The highest BCUT2D eigenvalue weighted by Crippen LogP contribution is 2.08. The quantitative estimate of drug-likeness (QED) is 0.786. The van der Waals surface area contributed by atoms with Crippen LogP contribution in [0.3, 0.4) is 0 Å². The fourth-order valence-electron chi connectivity index (χ4n) is 1.32. The van der Waals surface area contributed by atoms with Crippen LogP contribution in [0.15, 0.2) is 18.6 Å². The van der Waals surface area contributed by atoms with Crippen molar-refractivity contribution < 1.29 is 14.7 Å². The number of hydrogen-bond acceptors (Lipinski definition) is 4. The molecule has 0 aromatic carbocycles. The first-order chi connectivity index (χ1) is 8.06. The number of carboxylic acid groups (broad SMARTS) is 1. The number of aliphatic carboxylic acids is 1. The summed E-state index contributed by atoms with van der Waals surface area (Å²) in [6, 6.07) is 0.535. The number of nitrogens with zero attached hydrogens (tertiary/aromatic N) is 2. The minimum Gasteiger partial charge on any atom is -0.480 e. The summed E-state index contributed by atoms with van der Waals surface area (Å²) in [5, 5.41) is 11.5. The van der Waals surface area contributed by atoms with Crippen molar-refractivity contribution in [2.45, 2.75) is 26.3 Å². The zero-order valence-electron chi connectivity index (χ0n) is 9.75. The molecule has 0 bridgehead atoms. The van der Waals surface area contributed by atoms with Gasteiger partial charge in [-0.1, -0.05) is 20.3 Å². The molecule has 0 saturated heterocycles. The van der Waals surface area contributed by atoms with Crippen LogP contribution in [0.25, 0.3) is 0 Å². The normalized spacial score (nSPS) is 13.8. The van der Waals surface area contributed by atoms with Gasteiger partial charge in [-0.05, 0) is 12.0 Å². The van der Waals surface area contributed by atoms with Crippen LogP contribution < -0.4 is 5.32 Å². The van der Waals surface area contributed by atoms with Crippen molar-refractivity contribution in [1.29, 1.82) is 0 Å². The third-order valence-electron chi connectivity index (χ3n) is 2.58. The maximum absolute atomic E-state index is 11.7. The van der Waals surface area contributed by atoms with Crippen LogP contribution in [0, 0.1) is 5.92 Å². The zero-order chi connectivity index (χ0) is 12.8. The van der Waals surface area contributed by atoms with E-state index in [4.69, 9.17) is 5.11 Å². The third-order valence-corrected chi connectivity index (χ3v) is 2.58. The lowest BCUT2D eigenvalue weighted by Gasteiger charge is -2.19. The van der Waals surface area contributed by atoms with Gasteiger partial charge in [-0.2, -0.15) is 0 Å². The lowest BCUT2D eigenvalue weighted by molar-refractivity contribution is -0.140. The molecule has 1 heterocycles. The highest BCUT2D eigenvalue weighted by Gasteiger charge is 2.25. The van der Waals surface area contributed by atoms with Gasteiger partial charge in [-0.15, -0.1) is 0 Å². The number of carboxylic acids is 1. The van der Waals surface area contributed by atoms with E-state index in [1.54, 1.807) is 6.92 Å². The Bertz CT molecular complexity index is 394. The fourth-order valence-corrected chi connectivity index (χ4v) is 1.32. The summed E-state index contributed by atoms with van der Waals surface area (Å²) in [5.74, 6) is -1.68. The van der Waals surface area contributed by atoms with Crippen molar-refractivity contribution in [2.75, 3.05) is 0 Å². The molecule has 17 heavy (non-hydrogen) atoms. The molecule has 0 radical (unpaired) electrons. The van der Waals surface area contributed by atoms with E-state index in [2.05, 4.69) is 15.3 Å². The number of rotatable bonds is 5. The first-order valence-electron chi connectivity index (χ1n) is 5.36. The second kappa shape index (κ2) is 5.93.